The molecule has 0 bridgehead atoms. The third-order valence-electron chi connectivity index (χ3n) is 3.46. The third-order valence-corrected chi connectivity index (χ3v) is 3.46. The minimum absolute atomic E-state index is 0.263. The zero-order valence-electron chi connectivity index (χ0n) is 10.2. The molecule has 2 rings (SSSR count). The van der Waals surface area contributed by atoms with Crippen LogP contribution < -0.4 is 0 Å². The molecule has 1 aliphatic rings. The molecule has 0 radical (unpaired) electrons. The van der Waals surface area contributed by atoms with Crippen LogP contribution in [0.3, 0.4) is 0 Å². The van der Waals surface area contributed by atoms with Crippen molar-refractivity contribution in [2.75, 3.05) is 13.1 Å². The van der Waals surface area contributed by atoms with Crippen LogP contribution in [0, 0.1) is 6.92 Å². The number of aliphatic carboxylic acids is 1. The quantitative estimate of drug-likeness (QED) is 0.865. The first-order valence-electron chi connectivity index (χ1n) is 6.19. The van der Waals surface area contributed by atoms with Gasteiger partial charge in [-0.15, -0.1) is 0 Å². The van der Waals surface area contributed by atoms with Crippen molar-refractivity contribution in [2.24, 2.45) is 0 Å². The minimum Gasteiger partial charge on any atom is -0.480 e. The van der Waals surface area contributed by atoms with E-state index >= 15 is 0 Å². The number of rotatable bonds is 4. The van der Waals surface area contributed by atoms with Crippen LogP contribution >= 0.6 is 0 Å². The lowest BCUT2D eigenvalue weighted by molar-refractivity contribution is -0.142. The minimum atomic E-state index is -0.675. The highest BCUT2D eigenvalue weighted by Crippen LogP contribution is 2.17. The van der Waals surface area contributed by atoms with Crippen LogP contribution in [0.5, 0.6) is 0 Å². The van der Waals surface area contributed by atoms with E-state index in [9.17, 15) is 4.79 Å². The zero-order valence-corrected chi connectivity index (χ0v) is 10.2. The predicted molar refractivity (Wildman–Crippen MR) is 67.1 cm³/mol. The summed E-state index contributed by atoms with van der Waals surface area (Å²) in [5.74, 6) is -0.675. The summed E-state index contributed by atoms with van der Waals surface area (Å²) < 4.78 is 0. The van der Waals surface area contributed by atoms with E-state index in [0.717, 1.165) is 32.4 Å². The fourth-order valence-corrected chi connectivity index (χ4v) is 2.40. The number of benzene rings is 1. The molecular formula is C14H19NO2. The summed E-state index contributed by atoms with van der Waals surface area (Å²) in [5, 5.41) is 9.08. The van der Waals surface area contributed by atoms with E-state index in [0.29, 0.717) is 0 Å². The summed E-state index contributed by atoms with van der Waals surface area (Å²) in [6.45, 7) is 3.84. The molecule has 1 aromatic rings. The molecule has 0 aromatic heterocycles. The molecule has 3 heteroatoms. The zero-order chi connectivity index (χ0) is 12.3. The molecule has 0 saturated carbocycles. The van der Waals surface area contributed by atoms with E-state index < -0.39 is 5.97 Å². The maximum Gasteiger partial charge on any atom is 0.320 e. The molecule has 0 aliphatic carbocycles. The van der Waals surface area contributed by atoms with Crippen LogP contribution in [0.15, 0.2) is 24.3 Å². The average Bonchev–Trinajstić information content (AvgIpc) is 2.76. The molecule has 0 spiro atoms. The van der Waals surface area contributed by atoms with Crippen molar-refractivity contribution in [3.05, 3.63) is 35.4 Å². The number of carboxylic acid groups (broad SMARTS) is 1. The van der Waals surface area contributed by atoms with E-state index in [1.165, 1.54) is 11.1 Å². The van der Waals surface area contributed by atoms with Gasteiger partial charge in [0.25, 0.3) is 0 Å². The lowest BCUT2D eigenvalue weighted by Crippen LogP contribution is -2.37. The summed E-state index contributed by atoms with van der Waals surface area (Å²) in [4.78, 5) is 13.1. The molecule has 1 aromatic carbocycles. The van der Waals surface area contributed by atoms with Gasteiger partial charge in [-0.05, 0) is 38.3 Å². The van der Waals surface area contributed by atoms with E-state index in [1.807, 2.05) is 0 Å². The number of nitrogens with zero attached hydrogens (tertiary/aromatic N) is 1. The first-order valence-corrected chi connectivity index (χ1v) is 6.19. The Morgan fingerprint density at radius 2 is 2.12 bits per heavy atom. The van der Waals surface area contributed by atoms with E-state index in [4.69, 9.17) is 5.11 Å². The molecule has 3 nitrogen and oxygen atoms in total. The monoisotopic (exact) mass is 233 g/mol. The highest BCUT2D eigenvalue weighted by molar-refractivity contribution is 5.73. The van der Waals surface area contributed by atoms with Gasteiger partial charge in [-0.25, -0.2) is 0 Å². The van der Waals surface area contributed by atoms with Crippen molar-refractivity contribution >= 4 is 5.97 Å². The lowest BCUT2D eigenvalue weighted by Gasteiger charge is -2.20. The van der Waals surface area contributed by atoms with E-state index in [2.05, 4.69) is 36.1 Å². The highest BCUT2D eigenvalue weighted by Gasteiger charge is 2.29. The Labute approximate surface area is 102 Å². The van der Waals surface area contributed by atoms with Crippen LogP contribution in [0.4, 0.5) is 0 Å². The summed E-state index contributed by atoms with van der Waals surface area (Å²) in [6, 6.07) is 8.20. The lowest BCUT2D eigenvalue weighted by atomic mass is 10.1. The van der Waals surface area contributed by atoms with Gasteiger partial charge < -0.3 is 5.11 Å². The molecule has 0 unspecified atom stereocenters. The van der Waals surface area contributed by atoms with Crippen molar-refractivity contribution in [3.8, 4) is 0 Å². The Hall–Kier alpha value is -1.35. The van der Waals surface area contributed by atoms with Crippen LogP contribution in [0.1, 0.15) is 24.0 Å². The number of carbonyl (C=O) groups is 1. The van der Waals surface area contributed by atoms with E-state index in [-0.39, 0.29) is 6.04 Å². The van der Waals surface area contributed by atoms with Crippen molar-refractivity contribution in [2.45, 2.75) is 32.2 Å². The van der Waals surface area contributed by atoms with Crippen LogP contribution in [-0.2, 0) is 11.2 Å². The van der Waals surface area contributed by atoms with Gasteiger partial charge in [0.05, 0.1) is 0 Å². The summed E-state index contributed by atoms with van der Waals surface area (Å²) in [5.41, 5.74) is 2.55. The van der Waals surface area contributed by atoms with Gasteiger partial charge in [-0.1, -0.05) is 29.8 Å². The fraction of sp³-hybridized carbons (Fsp3) is 0.500. The van der Waals surface area contributed by atoms with Crippen molar-refractivity contribution in [1.29, 1.82) is 0 Å². The second-order valence-corrected chi connectivity index (χ2v) is 4.77. The molecule has 0 amide bonds. The topological polar surface area (TPSA) is 40.5 Å². The summed E-state index contributed by atoms with van der Waals surface area (Å²) >= 11 is 0. The van der Waals surface area contributed by atoms with Gasteiger partial charge in [-0.2, -0.15) is 0 Å². The van der Waals surface area contributed by atoms with Crippen LogP contribution in [0.2, 0.25) is 0 Å². The van der Waals surface area contributed by atoms with Crippen molar-refractivity contribution < 1.29 is 9.90 Å². The number of hydrogen-bond donors (Lipinski definition) is 1. The molecule has 92 valence electrons. The molecule has 1 aliphatic heterocycles. The van der Waals surface area contributed by atoms with Gasteiger partial charge in [0.2, 0.25) is 0 Å². The average molecular weight is 233 g/mol. The number of aryl methyl sites for hydroxylation is 1. The van der Waals surface area contributed by atoms with Crippen LogP contribution in [-0.4, -0.2) is 35.1 Å². The third kappa shape index (κ3) is 3.07. The second kappa shape index (κ2) is 5.32. The maximum atomic E-state index is 11.0. The molecular weight excluding hydrogens is 214 g/mol. The molecule has 1 atom stereocenters. The van der Waals surface area contributed by atoms with Crippen molar-refractivity contribution in [1.82, 2.24) is 4.90 Å². The Kier molecular flexibility index (Phi) is 3.79. The fourth-order valence-electron chi connectivity index (χ4n) is 2.40. The Bertz CT molecular complexity index is 386. The van der Waals surface area contributed by atoms with Crippen molar-refractivity contribution in [3.63, 3.8) is 0 Å². The molecule has 1 heterocycles. The molecule has 1 saturated heterocycles. The normalized spacial score (nSPS) is 20.6. The van der Waals surface area contributed by atoms with Gasteiger partial charge >= 0.3 is 5.97 Å². The van der Waals surface area contributed by atoms with Crippen LogP contribution in [0.25, 0.3) is 0 Å². The largest absolute Gasteiger partial charge is 0.480 e. The SMILES string of the molecule is Cc1ccc(CCN2CCC[C@H]2C(=O)O)cc1. The smallest absolute Gasteiger partial charge is 0.320 e. The Morgan fingerprint density at radius 3 is 2.76 bits per heavy atom. The number of hydrogen-bond acceptors (Lipinski definition) is 2. The predicted octanol–water partition coefficient (Wildman–Crippen LogP) is 2.09. The van der Waals surface area contributed by atoms with Gasteiger partial charge in [-0.3, -0.25) is 9.69 Å². The molecule has 1 fully saturated rings. The summed E-state index contributed by atoms with van der Waals surface area (Å²) in [7, 11) is 0. The van der Waals surface area contributed by atoms with E-state index in [1.54, 1.807) is 0 Å². The molecule has 1 N–H and O–H groups in total. The number of carboxylic acids is 1. The standard InChI is InChI=1S/C14H19NO2/c1-11-4-6-12(7-5-11)8-10-15-9-2-3-13(15)14(16)17/h4-7,13H,2-3,8-10H2,1H3,(H,16,17)/t13-/m0/s1. The first kappa shape index (κ1) is 12.1. The number of likely N-dealkylation sites (tertiary alicyclic amines) is 1. The summed E-state index contributed by atoms with van der Waals surface area (Å²) in [6.07, 6.45) is 2.73. The second-order valence-electron chi connectivity index (χ2n) is 4.77. The maximum absolute atomic E-state index is 11.0. The Balaban J connectivity index is 1.89. The first-order chi connectivity index (χ1) is 8.16. The van der Waals surface area contributed by atoms with Gasteiger partial charge in [0.1, 0.15) is 6.04 Å². The highest BCUT2D eigenvalue weighted by atomic mass is 16.4. The van der Waals surface area contributed by atoms with Gasteiger partial charge in [0, 0.05) is 6.54 Å². The Morgan fingerprint density at radius 1 is 1.41 bits per heavy atom. The molecule has 17 heavy (non-hydrogen) atoms. The van der Waals surface area contributed by atoms with Gasteiger partial charge in [0.15, 0.2) is 0 Å².